The summed E-state index contributed by atoms with van der Waals surface area (Å²) in [4.78, 5) is 0. The summed E-state index contributed by atoms with van der Waals surface area (Å²) in [5, 5.41) is 0. The highest BCUT2D eigenvalue weighted by Gasteiger charge is 2.06. The van der Waals surface area contributed by atoms with Crippen LogP contribution in [0.15, 0.2) is 37.4 Å². The van der Waals surface area contributed by atoms with Crippen LogP contribution < -0.4 is 43.1 Å². The Kier molecular flexibility index (Phi) is 30.0. The average Bonchev–Trinajstić information content (AvgIpc) is 3.62. The minimum atomic E-state index is 0. The third kappa shape index (κ3) is 22.9. The molecule has 0 fully saturated rings. The predicted octanol–water partition coefficient (Wildman–Crippen LogP) is 3.98. The van der Waals surface area contributed by atoms with Crippen molar-refractivity contribution in [3.63, 3.8) is 0 Å². The smallest absolute Gasteiger partial charge is 0.243 e. The van der Waals surface area contributed by atoms with Crippen molar-refractivity contribution in [2.24, 2.45) is 0 Å². The molecule has 0 saturated carbocycles. The van der Waals surface area contributed by atoms with Crippen LogP contribution in [0, 0.1) is 0 Å². The molecule has 0 saturated heterocycles. The molecule has 0 spiro atoms. The molecule has 0 N–H and O–H groups in total. The lowest BCUT2D eigenvalue weighted by molar-refractivity contribution is -0.697. The lowest BCUT2D eigenvalue weighted by atomic mass is 10.1. The van der Waals surface area contributed by atoms with E-state index in [0.29, 0.717) is 0 Å². The van der Waals surface area contributed by atoms with Gasteiger partial charge in [-0.25, -0.2) is 18.3 Å². The molecule has 0 radical (unpaired) electrons. The van der Waals surface area contributed by atoms with Gasteiger partial charge in [0.25, 0.3) is 0 Å². The normalized spacial score (nSPS) is 11.0. The fourth-order valence-corrected chi connectivity index (χ4v) is 5.91. The molecule has 2 rings (SSSR count). The molecule has 0 atom stereocenters. The second-order valence-corrected chi connectivity index (χ2v) is 12.6. The van der Waals surface area contributed by atoms with Crippen LogP contribution in [0.5, 0.6) is 0 Å². The van der Waals surface area contributed by atoms with Gasteiger partial charge in [-0.2, -0.15) is 0 Å². The summed E-state index contributed by atoms with van der Waals surface area (Å²) in [6.45, 7) is 9.28. The first-order valence-electron chi connectivity index (χ1n) is 17.9. The van der Waals surface area contributed by atoms with Crippen LogP contribution in [0.1, 0.15) is 168 Å². The SMILES string of the molecule is CCCCCCCCCCCC[n+]1ccn(CCCCCCn2cc[n+](CCCCCCCCCCCC)c2)c1.[Br-].[Br-]. The van der Waals surface area contributed by atoms with Gasteiger partial charge in [-0.1, -0.05) is 117 Å². The van der Waals surface area contributed by atoms with Crippen molar-refractivity contribution in [1.82, 2.24) is 9.13 Å². The largest absolute Gasteiger partial charge is 1.00 e. The van der Waals surface area contributed by atoms with Crippen molar-refractivity contribution in [3.05, 3.63) is 37.4 Å². The molecule has 0 amide bonds. The minimum absolute atomic E-state index is 0. The first-order chi connectivity index (χ1) is 19.8. The van der Waals surface area contributed by atoms with E-state index in [1.165, 1.54) is 167 Å². The zero-order chi connectivity index (χ0) is 28.4. The maximum atomic E-state index is 2.39. The third-order valence-electron chi connectivity index (χ3n) is 8.61. The van der Waals surface area contributed by atoms with E-state index >= 15 is 0 Å². The monoisotopic (exact) mass is 714 g/mol. The number of hydrogen-bond donors (Lipinski definition) is 0. The molecular weight excluding hydrogens is 648 g/mol. The van der Waals surface area contributed by atoms with Gasteiger partial charge in [0.1, 0.15) is 24.8 Å². The summed E-state index contributed by atoms with van der Waals surface area (Å²) < 4.78 is 9.56. The number of hydrogen-bond acceptors (Lipinski definition) is 0. The summed E-state index contributed by atoms with van der Waals surface area (Å²) in [7, 11) is 0. The minimum Gasteiger partial charge on any atom is -1.00 e. The zero-order valence-corrected chi connectivity index (χ0v) is 31.0. The molecule has 246 valence electrons. The Hall–Kier alpha value is -0.620. The number of imidazole rings is 2. The first-order valence-corrected chi connectivity index (χ1v) is 17.9. The Labute approximate surface area is 282 Å². The van der Waals surface area contributed by atoms with E-state index in [-0.39, 0.29) is 34.0 Å². The van der Waals surface area contributed by atoms with Gasteiger partial charge in [0.2, 0.25) is 12.7 Å². The molecule has 0 aliphatic rings. The molecule has 0 aliphatic carbocycles. The molecule has 6 heteroatoms. The van der Waals surface area contributed by atoms with Gasteiger partial charge in [0.05, 0.1) is 26.2 Å². The van der Waals surface area contributed by atoms with Gasteiger partial charge in [-0.3, -0.25) is 0 Å². The van der Waals surface area contributed by atoms with Crippen molar-refractivity contribution in [2.45, 2.75) is 194 Å². The number of halogens is 2. The Balaban J connectivity index is 0.00000840. The Morgan fingerprint density at radius 1 is 0.381 bits per heavy atom. The summed E-state index contributed by atoms with van der Waals surface area (Å²) in [5.74, 6) is 0. The molecule has 42 heavy (non-hydrogen) atoms. The Bertz CT molecular complexity index is 738. The summed E-state index contributed by atoms with van der Waals surface area (Å²) in [6.07, 6.45) is 47.2. The van der Waals surface area contributed by atoms with Crippen LogP contribution in [0.4, 0.5) is 0 Å². The molecule has 0 bridgehead atoms. The van der Waals surface area contributed by atoms with Gasteiger partial charge < -0.3 is 34.0 Å². The zero-order valence-electron chi connectivity index (χ0n) is 27.8. The molecule has 0 aromatic carbocycles. The van der Waals surface area contributed by atoms with Gasteiger partial charge in [-0.15, -0.1) is 0 Å². The molecule has 2 aromatic heterocycles. The van der Waals surface area contributed by atoms with Crippen LogP contribution >= 0.6 is 0 Å². The number of nitrogens with zero attached hydrogens (tertiary/aromatic N) is 4. The van der Waals surface area contributed by atoms with Gasteiger partial charge >= 0.3 is 0 Å². The maximum absolute atomic E-state index is 2.39. The molecular formula is C36H68Br2N4. The second kappa shape index (κ2) is 30.4. The second-order valence-electron chi connectivity index (χ2n) is 12.6. The van der Waals surface area contributed by atoms with Crippen molar-refractivity contribution >= 4 is 0 Å². The van der Waals surface area contributed by atoms with Gasteiger partial charge in [0, 0.05) is 0 Å². The first kappa shape index (κ1) is 41.4. The molecule has 2 heterocycles. The summed E-state index contributed by atoms with van der Waals surface area (Å²) in [6, 6.07) is 0. The third-order valence-corrected chi connectivity index (χ3v) is 8.61. The fourth-order valence-electron chi connectivity index (χ4n) is 5.91. The standard InChI is InChI=1S/C36H68N4.2BrH/c1-3-5-7-9-11-13-15-17-19-23-27-37-31-33-39(35-37)29-25-21-22-26-30-40-34-32-38(36-40)28-24-20-18-16-14-12-10-8-6-4-2;;/h31-36H,3-30H2,1-2H3;2*1H/q+2;;/p-2. The van der Waals surface area contributed by atoms with Crippen LogP contribution in [0.25, 0.3) is 0 Å². The quantitative estimate of drug-likeness (QED) is 0.0897. The highest BCUT2D eigenvalue weighted by molar-refractivity contribution is 4.68. The van der Waals surface area contributed by atoms with E-state index in [9.17, 15) is 0 Å². The average molecular weight is 717 g/mol. The van der Waals surface area contributed by atoms with E-state index in [2.05, 4.69) is 69.6 Å². The van der Waals surface area contributed by atoms with E-state index in [1.54, 1.807) is 0 Å². The van der Waals surface area contributed by atoms with Crippen molar-refractivity contribution in [1.29, 1.82) is 0 Å². The topological polar surface area (TPSA) is 17.6 Å². The fraction of sp³-hybridized carbons (Fsp3) is 0.833. The Morgan fingerprint density at radius 3 is 1.00 bits per heavy atom. The summed E-state index contributed by atoms with van der Waals surface area (Å²) >= 11 is 0. The van der Waals surface area contributed by atoms with Crippen LogP contribution in [0.2, 0.25) is 0 Å². The van der Waals surface area contributed by atoms with Crippen LogP contribution in [-0.4, -0.2) is 9.13 Å². The number of aryl methyl sites for hydroxylation is 4. The van der Waals surface area contributed by atoms with Crippen molar-refractivity contribution in [2.75, 3.05) is 0 Å². The van der Waals surface area contributed by atoms with E-state index in [4.69, 9.17) is 0 Å². The molecule has 4 nitrogen and oxygen atoms in total. The Morgan fingerprint density at radius 2 is 0.667 bits per heavy atom. The predicted molar refractivity (Wildman–Crippen MR) is 171 cm³/mol. The molecule has 0 unspecified atom stereocenters. The van der Waals surface area contributed by atoms with Crippen LogP contribution in [-0.2, 0) is 26.2 Å². The van der Waals surface area contributed by atoms with Crippen molar-refractivity contribution in [3.8, 4) is 0 Å². The summed E-state index contributed by atoms with van der Waals surface area (Å²) in [5.41, 5.74) is 0. The van der Waals surface area contributed by atoms with E-state index < -0.39 is 0 Å². The number of aromatic nitrogens is 4. The van der Waals surface area contributed by atoms with Crippen LogP contribution in [0.3, 0.4) is 0 Å². The van der Waals surface area contributed by atoms with E-state index in [0.717, 1.165) is 13.1 Å². The maximum Gasteiger partial charge on any atom is 0.243 e. The lowest BCUT2D eigenvalue weighted by Crippen LogP contribution is -3.00. The highest BCUT2D eigenvalue weighted by atomic mass is 79.9. The lowest BCUT2D eigenvalue weighted by Gasteiger charge is -2.02. The van der Waals surface area contributed by atoms with E-state index in [1.807, 2.05) is 0 Å². The van der Waals surface area contributed by atoms with Gasteiger partial charge in [-0.05, 0) is 51.4 Å². The van der Waals surface area contributed by atoms with Crippen molar-refractivity contribution < 1.29 is 43.1 Å². The molecule has 2 aromatic rings. The number of unbranched alkanes of at least 4 members (excludes halogenated alkanes) is 21. The van der Waals surface area contributed by atoms with Gasteiger partial charge in [0.15, 0.2) is 0 Å². The molecule has 0 aliphatic heterocycles. The highest BCUT2D eigenvalue weighted by Crippen LogP contribution is 2.12. The number of rotatable bonds is 29.